The maximum Gasteiger partial charge on any atom is 0.123 e. The molecular formula is C12H17F. The van der Waals surface area contributed by atoms with Crippen molar-refractivity contribution in [1.29, 1.82) is 0 Å². The Hall–Kier alpha value is -0.850. The van der Waals surface area contributed by atoms with E-state index in [9.17, 15) is 4.39 Å². The zero-order chi connectivity index (χ0) is 9.84. The lowest BCUT2D eigenvalue weighted by atomic mass is 9.92. The Morgan fingerprint density at radius 2 is 1.62 bits per heavy atom. The van der Waals surface area contributed by atoms with Crippen LogP contribution in [0.5, 0.6) is 0 Å². The van der Waals surface area contributed by atoms with E-state index < -0.39 is 0 Å². The van der Waals surface area contributed by atoms with Crippen LogP contribution in [0.2, 0.25) is 0 Å². The first-order valence-corrected chi connectivity index (χ1v) is 4.85. The number of hydrogen-bond donors (Lipinski definition) is 0. The fourth-order valence-electron chi connectivity index (χ4n) is 1.63. The summed E-state index contributed by atoms with van der Waals surface area (Å²) in [5.74, 6) is 1.07. The SMILES string of the molecule is CC(C)C[C@@H](C)c1ccc(F)cc1. The largest absolute Gasteiger partial charge is 0.207 e. The molecule has 0 unspecified atom stereocenters. The van der Waals surface area contributed by atoms with Crippen LogP contribution in [0.15, 0.2) is 24.3 Å². The first-order valence-electron chi connectivity index (χ1n) is 4.85. The van der Waals surface area contributed by atoms with Gasteiger partial charge in [-0.2, -0.15) is 0 Å². The molecule has 0 amide bonds. The van der Waals surface area contributed by atoms with Gasteiger partial charge in [-0.05, 0) is 36.0 Å². The van der Waals surface area contributed by atoms with Crippen molar-refractivity contribution < 1.29 is 4.39 Å². The highest BCUT2D eigenvalue weighted by Gasteiger charge is 2.07. The molecule has 0 aliphatic carbocycles. The lowest BCUT2D eigenvalue weighted by molar-refractivity contribution is 0.523. The van der Waals surface area contributed by atoms with E-state index in [0.29, 0.717) is 11.8 Å². The molecule has 0 aliphatic rings. The highest BCUT2D eigenvalue weighted by molar-refractivity contribution is 5.19. The van der Waals surface area contributed by atoms with Gasteiger partial charge in [0.25, 0.3) is 0 Å². The second-order valence-corrected chi connectivity index (χ2v) is 4.08. The summed E-state index contributed by atoms with van der Waals surface area (Å²) >= 11 is 0. The van der Waals surface area contributed by atoms with E-state index in [-0.39, 0.29) is 5.82 Å². The van der Waals surface area contributed by atoms with Crippen molar-refractivity contribution in [2.75, 3.05) is 0 Å². The summed E-state index contributed by atoms with van der Waals surface area (Å²) in [7, 11) is 0. The van der Waals surface area contributed by atoms with Crippen molar-refractivity contribution in [3.63, 3.8) is 0 Å². The van der Waals surface area contributed by atoms with Crippen LogP contribution in [-0.2, 0) is 0 Å². The summed E-state index contributed by atoms with van der Waals surface area (Å²) in [6.45, 7) is 6.60. The molecule has 0 aliphatic heterocycles. The molecule has 72 valence electrons. The molecule has 1 atom stereocenters. The second kappa shape index (κ2) is 4.40. The summed E-state index contributed by atoms with van der Waals surface area (Å²) in [6.07, 6.45) is 1.16. The summed E-state index contributed by atoms with van der Waals surface area (Å²) in [5.41, 5.74) is 1.23. The molecule has 1 aromatic rings. The van der Waals surface area contributed by atoms with Gasteiger partial charge in [0.05, 0.1) is 0 Å². The Kier molecular flexibility index (Phi) is 3.47. The monoisotopic (exact) mass is 180 g/mol. The standard InChI is InChI=1S/C12H17F/c1-9(2)8-10(3)11-4-6-12(13)7-5-11/h4-7,9-10H,8H2,1-3H3/t10-/m1/s1. The molecule has 0 saturated heterocycles. The van der Waals surface area contributed by atoms with Gasteiger partial charge in [-0.1, -0.05) is 32.9 Å². The summed E-state index contributed by atoms with van der Waals surface area (Å²) < 4.78 is 12.6. The Morgan fingerprint density at radius 1 is 1.08 bits per heavy atom. The zero-order valence-corrected chi connectivity index (χ0v) is 8.55. The molecule has 0 spiro atoms. The molecule has 0 heterocycles. The molecule has 1 heteroatoms. The van der Waals surface area contributed by atoms with E-state index in [0.717, 1.165) is 6.42 Å². The van der Waals surface area contributed by atoms with Crippen molar-refractivity contribution in [2.45, 2.75) is 33.1 Å². The smallest absolute Gasteiger partial charge is 0.123 e. The van der Waals surface area contributed by atoms with Crippen molar-refractivity contribution in [2.24, 2.45) is 5.92 Å². The number of halogens is 1. The third-order valence-corrected chi connectivity index (χ3v) is 2.26. The molecule has 0 aromatic heterocycles. The van der Waals surface area contributed by atoms with Crippen LogP contribution in [0.25, 0.3) is 0 Å². The Morgan fingerprint density at radius 3 is 2.08 bits per heavy atom. The van der Waals surface area contributed by atoms with Gasteiger partial charge in [-0.15, -0.1) is 0 Å². The summed E-state index contributed by atoms with van der Waals surface area (Å²) in [4.78, 5) is 0. The summed E-state index contributed by atoms with van der Waals surface area (Å²) in [5, 5.41) is 0. The maximum atomic E-state index is 12.6. The van der Waals surface area contributed by atoms with Gasteiger partial charge < -0.3 is 0 Å². The maximum absolute atomic E-state index is 12.6. The van der Waals surface area contributed by atoms with Crippen molar-refractivity contribution >= 4 is 0 Å². The Labute approximate surface area is 79.8 Å². The van der Waals surface area contributed by atoms with E-state index in [2.05, 4.69) is 20.8 Å². The summed E-state index contributed by atoms with van der Waals surface area (Å²) in [6, 6.07) is 6.82. The second-order valence-electron chi connectivity index (χ2n) is 4.08. The van der Waals surface area contributed by atoms with Gasteiger partial charge in [0.15, 0.2) is 0 Å². The van der Waals surface area contributed by atoms with Gasteiger partial charge in [-0.25, -0.2) is 4.39 Å². The number of rotatable bonds is 3. The minimum Gasteiger partial charge on any atom is -0.207 e. The molecule has 13 heavy (non-hydrogen) atoms. The van der Waals surface area contributed by atoms with Gasteiger partial charge in [0.2, 0.25) is 0 Å². The fourth-order valence-corrected chi connectivity index (χ4v) is 1.63. The number of benzene rings is 1. The number of hydrogen-bond acceptors (Lipinski definition) is 0. The van der Waals surface area contributed by atoms with Crippen LogP contribution >= 0.6 is 0 Å². The van der Waals surface area contributed by atoms with Gasteiger partial charge >= 0.3 is 0 Å². The minimum atomic E-state index is -0.152. The Balaban J connectivity index is 2.66. The quantitative estimate of drug-likeness (QED) is 0.660. The Bertz CT molecular complexity index is 248. The highest BCUT2D eigenvalue weighted by Crippen LogP contribution is 2.22. The molecule has 1 rings (SSSR count). The van der Waals surface area contributed by atoms with Crippen LogP contribution in [0.3, 0.4) is 0 Å². The van der Waals surface area contributed by atoms with E-state index in [1.54, 1.807) is 0 Å². The fraction of sp³-hybridized carbons (Fsp3) is 0.500. The van der Waals surface area contributed by atoms with E-state index >= 15 is 0 Å². The molecule has 0 bridgehead atoms. The van der Waals surface area contributed by atoms with Crippen molar-refractivity contribution in [3.05, 3.63) is 35.6 Å². The van der Waals surface area contributed by atoms with Crippen molar-refractivity contribution in [1.82, 2.24) is 0 Å². The third-order valence-electron chi connectivity index (χ3n) is 2.26. The van der Waals surface area contributed by atoms with Crippen LogP contribution in [0, 0.1) is 11.7 Å². The third kappa shape index (κ3) is 3.17. The normalized spacial score (nSPS) is 13.3. The molecule has 0 saturated carbocycles. The molecular weight excluding hydrogens is 163 g/mol. The molecule has 0 fully saturated rings. The average Bonchev–Trinajstić information content (AvgIpc) is 2.04. The molecule has 1 aromatic carbocycles. The molecule has 0 N–H and O–H groups in total. The topological polar surface area (TPSA) is 0 Å². The predicted octanol–water partition coefficient (Wildman–Crippen LogP) is 3.98. The molecule has 0 radical (unpaired) electrons. The molecule has 0 nitrogen and oxygen atoms in total. The van der Waals surface area contributed by atoms with E-state index in [1.807, 2.05) is 12.1 Å². The average molecular weight is 180 g/mol. The van der Waals surface area contributed by atoms with Crippen molar-refractivity contribution in [3.8, 4) is 0 Å². The first kappa shape index (κ1) is 10.2. The van der Waals surface area contributed by atoms with E-state index in [1.165, 1.54) is 17.7 Å². The van der Waals surface area contributed by atoms with E-state index in [4.69, 9.17) is 0 Å². The van der Waals surface area contributed by atoms with Crippen LogP contribution in [0.4, 0.5) is 4.39 Å². The van der Waals surface area contributed by atoms with Gasteiger partial charge in [-0.3, -0.25) is 0 Å². The van der Waals surface area contributed by atoms with Gasteiger partial charge in [0, 0.05) is 0 Å². The predicted molar refractivity (Wildman–Crippen MR) is 54.3 cm³/mol. The highest BCUT2D eigenvalue weighted by atomic mass is 19.1. The minimum absolute atomic E-state index is 0.152. The lowest BCUT2D eigenvalue weighted by Crippen LogP contribution is -1.98. The first-order chi connectivity index (χ1) is 6.09. The van der Waals surface area contributed by atoms with Crippen LogP contribution < -0.4 is 0 Å². The van der Waals surface area contributed by atoms with Crippen LogP contribution in [0.1, 0.15) is 38.7 Å². The lowest BCUT2D eigenvalue weighted by Gasteiger charge is -2.13. The van der Waals surface area contributed by atoms with Gasteiger partial charge in [0.1, 0.15) is 5.82 Å². The van der Waals surface area contributed by atoms with Crippen LogP contribution in [-0.4, -0.2) is 0 Å². The zero-order valence-electron chi connectivity index (χ0n) is 8.55.